The second kappa shape index (κ2) is 85.8. The minimum absolute atomic E-state index is 0.0222. The molecule has 0 radical (unpaired) electrons. The number of aliphatic hydroxyl groups excluding tert-OH is 2. The number of hydrogen-bond acceptors (Lipinski definition) is 5. The van der Waals surface area contributed by atoms with E-state index >= 15 is 0 Å². The second-order valence-electron chi connectivity index (χ2n) is 30.9. The van der Waals surface area contributed by atoms with Crippen LogP contribution in [0.5, 0.6) is 0 Å². The first-order chi connectivity index (χ1) is 47.5. The third-order valence-electron chi connectivity index (χ3n) is 21.2. The van der Waals surface area contributed by atoms with E-state index in [0.29, 0.717) is 19.4 Å². The molecule has 0 spiro atoms. The average Bonchev–Trinajstić information content (AvgIpc) is 2.36. The van der Waals surface area contributed by atoms with Crippen LogP contribution in [0, 0.1) is 0 Å². The van der Waals surface area contributed by atoms with Crippen LogP contribution in [-0.4, -0.2) is 47.4 Å². The van der Waals surface area contributed by atoms with E-state index in [4.69, 9.17) is 4.74 Å². The van der Waals surface area contributed by atoms with Crippen LogP contribution < -0.4 is 5.32 Å². The van der Waals surface area contributed by atoms with Crippen molar-refractivity contribution in [1.82, 2.24) is 5.32 Å². The molecule has 1 amide bonds. The molecular weight excluding hydrogens is 1170 g/mol. The Morgan fingerprint density at radius 1 is 0.281 bits per heavy atom. The van der Waals surface area contributed by atoms with Crippen molar-refractivity contribution < 1.29 is 24.5 Å². The molecule has 0 saturated carbocycles. The number of carbonyl (C=O) groups is 2. The summed E-state index contributed by atoms with van der Waals surface area (Å²) < 4.78 is 5.52. The molecule has 96 heavy (non-hydrogen) atoms. The Labute approximate surface area is 602 Å². The van der Waals surface area contributed by atoms with Gasteiger partial charge in [-0.2, -0.15) is 0 Å². The van der Waals surface area contributed by atoms with E-state index in [1.54, 1.807) is 6.08 Å². The van der Waals surface area contributed by atoms with Crippen molar-refractivity contribution in [2.24, 2.45) is 0 Å². The Morgan fingerprint density at radius 2 is 0.490 bits per heavy atom. The summed E-state index contributed by atoms with van der Waals surface area (Å²) >= 11 is 0. The molecule has 0 rings (SSSR count). The zero-order chi connectivity index (χ0) is 69.1. The fourth-order valence-electron chi connectivity index (χ4n) is 14.5. The summed E-state index contributed by atoms with van der Waals surface area (Å²) in [6.45, 7) is 4.97. The lowest BCUT2D eigenvalue weighted by molar-refractivity contribution is -0.143. The van der Waals surface area contributed by atoms with E-state index in [1.807, 2.05) is 6.08 Å². The lowest BCUT2D eigenvalue weighted by atomic mass is 10.0. The maximum atomic E-state index is 12.6. The first-order valence-electron chi connectivity index (χ1n) is 44.6. The monoisotopic (exact) mass is 1350 g/mol. The molecule has 0 heterocycles. The summed E-state index contributed by atoms with van der Waals surface area (Å²) in [7, 11) is 0. The number of esters is 1. The van der Waals surface area contributed by atoms with E-state index in [1.165, 1.54) is 449 Å². The number of allylic oxidation sites excluding steroid dienone is 3. The van der Waals surface area contributed by atoms with Gasteiger partial charge in [0.15, 0.2) is 0 Å². The van der Waals surface area contributed by atoms with Crippen molar-refractivity contribution in [3.8, 4) is 0 Å². The van der Waals surface area contributed by atoms with Crippen molar-refractivity contribution in [1.29, 1.82) is 0 Å². The molecule has 2 unspecified atom stereocenters. The Kier molecular flexibility index (Phi) is 84.3. The highest BCUT2D eigenvalue weighted by molar-refractivity contribution is 5.76. The SMILES string of the molecule is CCCCCCCCC/C=C\CCCCCCCCCC(=O)OCCCCCCCCCCCCCCCCCCCCCCCCCCCCCCCCCCCCCCCCCC(=O)NC(CO)C(O)/C=C/CCCCCCCCCCCCCCCCCCCCCC. The molecule has 0 aliphatic heterocycles. The largest absolute Gasteiger partial charge is 0.466 e. The van der Waals surface area contributed by atoms with E-state index < -0.39 is 12.1 Å². The van der Waals surface area contributed by atoms with Gasteiger partial charge in [0.05, 0.1) is 25.4 Å². The van der Waals surface area contributed by atoms with Gasteiger partial charge < -0.3 is 20.3 Å². The molecule has 0 aromatic rings. The number of aliphatic hydroxyl groups is 2. The van der Waals surface area contributed by atoms with Crippen LogP contribution in [0.4, 0.5) is 0 Å². The molecule has 3 N–H and O–H groups in total. The first-order valence-corrected chi connectivity index (χ1v) is 44.6. The van der Waals surface area contributed by atoms with Gasteiger partial charge in [-0.25, -0.2) is 0 Å². The number of unbranched alkanes of at least 4 members (excludes halogenated alkanes) is 72. The predicted molar refractivity (Wildman–Crippen MR) is 426 cm³/mol. The summed E-state index contributed by atoms with van der Waals surface area (Å²) in [6, 6.07) is -0.624. The van der Waals surface area contributed by atoms with Gasteiger partial charge in [0.25, 0.3) is 0 Å². The smallest absolute Gasteiger partial charge is 0.305 e. The van der Waals surface area contributed by atoms with Crippen LogP contribution >= 0.6 is 0 Å². The van der Waals surface area contributed by atoms with Crippen LogP contribution in [0.15, 0.2) is 24.3 Å². The lowest BCUT2D eigenvalue weighted by Crippen LogP contribution is -2.45. The van der Waals surface area contributed by atoms with Crippen LogP contribution in [0.25, 0.3) is 0 Å². The van der Waals surface area contributed by atoms with E-state index in [9.17, 15) is 19.8 Å². The van der Waals surface area contributed by atoms with Crippen LogP contribution in [0.2, 0.25) is 0 Å². The van der Waals surface area contributed by atoms with E-state index in [0.717, 1.165) is 38.5 Å². The summed E-state index contributed by atoms with van der Waals surface area (Å²) in [5.74, 6) is -0.0340. The Bertz CT molecular complexity index is 1510. The van der Waals surface area contributed by atoms with Crippen LogP contribution in [-0.2, 0) is 14.3 Å². The zero-order valence-corrected chi connectivity index (χ0v) is 65.7. The average molecular weight is 1350 g/mol. The number of amides is 1. The molecule has 6 heteroatoms. The number of carbonyl (C=O) groups excluding carboxylic acids is 2. The maximum absolute atomic E-state index is 12.6. The molecule has 0 saturated heterocycles. The minimum Gasteiger partial charge on any atom is -0.466 e. The van der Waals surface area contributed by atoms with Gasteiger partial charge >= 0.3 is 5.97 Å². The normalized spacial score (nSPS) is 12.5. The Morgan fingerprint density at radius 3 is 0.740 bits per heavy atom. The van der Waals surface area contributed by atoms with Gasteiger partial charge in [-0.05, 0) is 57.8 Å². The van der Waals surface area contributed by atoms with Gasteiger partial charge in [0.2, 0.25) is 5.91 Å². The van der Waals surface area contributed by atoms with Crippen molar-refractivity contribution in [2.75, 3.05) is 13.2 Å². The third-order valence-corrected chi connectivity index (χ3v) is 21.2. The number of nitrogens with one attached hydrogen (secondary N) is 1. The zero-order valence-electron chi connectivity index (χ0n) is 65.7. The predicted octanol–water partition coefficient (Wildman–Crippen LogP) is 29.9. The lowest BCUT2D eigenvalue weighted by Gasteiger charge is -2.20. The molecule has 0 bridgehead atoms. The second-order valence-corrected chi connectivity index (χ2v) is 30.9. The van der Waals surface area contributed by atoms with Crippen LogP contribution in [0.1, 0.15) is 515 Å². The Hall–Kier alpha value is -1.66. The molecule has 2 atom stereocenters. The van der Waals surface area contributed by atoms with Gasteiger partial charge in [-0.1, -0.05) is 468 Å². The Balaban J connectivity index is 3.31. The van der Waals surface area contributed by atoms with Crippen molar-refractivity contribution in [2.45, 2.75) is 527 Å². The van der Waals surface area contributed by atoms with Crippen molar-refractivity contribution in [3.63, 3.8) is 0 Å². The molecule has 0 aromatic heterocycles. The van der Waals surface area contributed by atoms with Crippen molar-refractivity contribution >= 4 is 11.9 Å². The van der Waals surface area contributed by atoms with Crippen molar-refractivity contribution in [3.05, 3.63) is 24.3 Å². The minimum atomic E-state index is -0.841. The summed E-state index contributed by atoms with van der Waals surface area (Å²) in [6.07, 6.45) is 112. The van der Waals surface area contributed by atoms with Gasteiger partial charge in [0.1, 0.15) is 0 Å². The van der Waals surface area contributed by atoms with E-state index in [2.05, 4.69) is 31.3 Å². The fraction of sp³-hybridized carbons (Fsp3) is 0.933. The topological polar surface area (TPSA) is 95.9 Å². The molecule has 0 fully saturated rings. The first kappa shape index (κ1) is 94.3. The number of hydrogen-bond donors (Lipinski definition) is 3. The van der Waals surface area contributed by atoms with Crippen LogP contribution in [0.3, 0.4) is 0 Å². The third kappa shape index (κ3) is 81.3. The molecule has 6 nitrogen and oxygen atoms in total. The number of ether oxygens (including phenoxy) is 1. The molecule has 0 aliphatic carbocycles. The molecular formula is C90H175NO5. The highest BCUT2D eigenvalue weighted by Crippen LogP contribution is 2.21. The molecule has 0 aliphatic rings. The van der Waals surface area contributed by atoms with Gasteiger partial charge in [0, 0.05) is 12.8 Å². The quantitative estimate of drug-likeness (QED) is 0.0320. The van der Waals surface area contributed by atoms with Gasteiger partial charge in [-0.3, -0.25) is 9.59 Å². The van der Waals surface area contributed by atoms with Gasteiger partial charge in [-0.15, -0.1) is 0 Å². The molecule has 570 valence electrons. The number of rotatable bonds is 85. The highest BCUT2D eigenvalue weighted by atomic mass is 16.5. The summed E-state index contributed by atoms with van der Waals surface area (Å²) in [5, 5.41) is 23.3. The maximum Gasteiger partial charge on any atom is 0.305 e. The highest BCUT2D eigenvalue weighted by Gasteiger charge is 2.18. The molecule has 0 aromatic carbocycles. The summed E-state index contributed by atoms with van der Waals surface area (Å²) in [5.41, 5.74) is 0. The summed E-state index contributed by atoms with van der Waals surface area (Å²) in [4.78, 5) is 24.7. The van der Waals surface area contributed by atoms with E-state index in [-0.39, 0.29) is 18.5 Å². The standard InChI is InChI=1S/C90H175NO5/c1-3-5-7-9-11-13-15-17-19-21-23-24-44-47-50-54-58-62-66-70-74-78-82-88(93)87(86-92)91-89(94)83-79-75-71-67-63-59-55-51-48-45-42-40-38-36-34-32-30-28-26-25-27-29-31-33-35-37-39-41-43-46-49-53-57-61-65-69-73-77-81-85-96-90(95)84-80-76-72-68-64-60-56-52-22-20-18-16-14-12-10-8-6-4-2/h20,22,78,82,87-88,92-93H,3-19,21,23-77,79-81,83-86H2,1-2H3,(H,91,94)/b22-20-,82-78+. The fourth-order valence-corrected chi connectivity index (χ4v) is 14.5.